The van der Waals surface area contributed by atoms with Crippen LogP contribution in [-0.2, 0) is 19.1 Å². The fraction of sp³-hybridized carbons (Fsp3) is 0.727. The molecule has 0 saturated carbocycles. The smallest absolute Gasteiger partial charge is 0.410 e. The maximum Gasteiger partial charge on any atom is 0.410 e. The Kier molecular flexibility index (Phi) is 4.09. The predicted octanol–water partition coefficient (Wildman–Crippen LogP) is 0.597. The number of amides is 1. The third-order valence-electron chi connectivity index (χ3n) is 2.66. The van der Waals surface area contributed by atoms with Crippen LogP contribution in [0.2, 0.25) is 0 Å². The van der Waals surface area contributed by atoms with Crippen molar-refractivity contribution in [2.45, 2.75) is 20.8 Å². The maximum atomic E-state index is 11.9. The van der Waals surface area contributed by atoms with E-state index < -0.39 is 17.5 Å². The molecule has 1 aliphatic rings. The number of ether oxygens (including phenoxy) is 2. The van der Waals surface area contributed by atoms with E-state index in [9.17, 15) is 14.4 Å². The fourth-order valence-electron chi connectivity index (χ4n) is 1.37. The summed E-state index contributed by atoms with van der Waals surface area (Å²) in [5.41, 5.74) is -1.24. The number of hydrogen-bond acceptors (Lipinski definition) is 5. The summed E-state index contributed by atoms with van der Waals surface area (Å²) in [5, 5.41) is 0. The second kappa shape index (κ2) is 5.16. The molecule has 0 spiro atoms. The van der Waals surface area contributed by atoms with Crippen LogP contribution in [0.4, 0.5) is 4.79 Å². The second-order valence-corrected chi connectivity index (χ2v) is 4.30. The van der Waals surface area contributed by atoms with E-state index in [1.807, 2.05) is 0 Å². The molecule has 6 nitrogen and oxygen atoms in total. The van der Waals surface area contributed by atoms with Crippen LogP contribution >= 0.6 is 0 Å². The van der Waals surface area contributed by atoms with E-state index in [0.29, 0.717) is 6.54 Å². The van der Waals surface area contributed by atoms with Crippen LogP contribution in [0.3, 0.4) is 0 Å². The topological polar surface area (TPSA) is 72.9 Å². The van der Waals surface area contributed by atoms with Crippen molar-refractivity contribution in [2.75, 3.05) is 26.3 Å². The third kappa shape index (κ3) is 2.95. The Morgan fingerprint density at radius 3 is 2.59 bits per heavy atom. The summed E-state index contributed by atoms with van der Waals surface area (Å²) in [6, 6.07) is 0. The minimum atomic E-state index is -1.24. The zero-order valence-electron chi connectivity index (χ0n) is 10.3. The van der Waals surface area contributed by atoms with Crippen LogP contribution in [0.15, 0.2) is 0 Å². The molecule has 1 fully saturated rings. The van der Waals surface area contributed by atoms with Gasteiger partial charge in [-0.1, -0.05) is 0 Å². The molecule has 0 N–H and O–H groups in total. The summed E-state index contributed by atoms with van der Waals surface area (Å²) in [5.74, 6) is -0.924. The summed E-state index contributed by atoms with van der Waals surface area (Å²) < 4.78 is 9.53. The highest BCUT2D eigenvalue weighted by atomic mass is 16.6. The first kappa shape index (κ1) is 13.5. The van der Waals surface area contributed by atoms with Crippen LogP contribution in [0.1, 0.15) is 20.8 Å². The Balaban J connectivity index is 2.62. The number of hydrogen-bond donors (Lipinski definition) is 0. The van der Waals surface area contributed by atoms with E-state index in [0.717, 1.165) is 0 Å². The quantitative estimate of drug-likeness (QED) is 0.522. The lowest BCUT2D eigenvalue weighted by Gasteiger charge is -2.22. The number of carbonyl (C=O) groups is 3. The van der Waals surface area contributed by atoms with Crippen LogP contribution in [0.5, 0.6) is 0 Å². The summed E-state index contributed by atoms with van der Waals surface area (Å²) >= 11 is 0. The molecule has 0 radical (unpaired) electrons. The van der Waals surface area contributed by atoms with Crippen molar-refractivity contribution in [3.63, 3.8) is 0 Å². The van der Waals surface area contributed by atoms with Crippen molar-refractivity contribution in [1.82, 2.24) is 4.90 Å². The molecular formula is C11H17NO5. The molecule has 0 aromatic carbocycles. The summed E-state index contributed by atoms with van der Waals surface area (Å²) in [7, 11) is 0. The van der Waals surface area contributed by atoms with Crippen molar-refractivity contribution in [1.29, 1.82) is 0 Å². The molecule has 0 bridgehead atoms. The van der Waals surface area contributed by atoms with E-state index in [2.05, 4.69) is 0 Å². The molecule has 0 aromatic heterocycles. The number of Topliss-reactive ketones (excluding diaryl/α,β-unsaturated/α-hetero) is 1. The van der Waals surface area contributed by atoms with Gasteiger partial charge in [-0.05, 0) is 20.8 Å². The third-order valence-corrected chi connectivity index (χ3v) is 2.66. The van der Waals surface area contributed by atoms with Crippen molar-refractivity contribution >= 4 is 17.8 Å². The molecule has 1 aliphatic heterocycles. The molecule has 1 amide bonds. The van der Waals surface area contributed by atoms with Gasteiger partial charge in [-0.15, -0.1) is 0 Å². The number of ketones is 1. The van der Waals surface area contributed by atoms with Crippen LogP contribution in [0.25, 0.3) is 0 Å². The Hall–Kier alpha value is -1.59. The molecule has 0 aliphatic carbocycles. The van der Waals surface area contributed by atoms with Crippen molar-refractivity contribution in [3.8, 4) is 0 Å². The van der Waals surface area contributed by atoms with Gasteiger partial charge in [0.15, 0.2) is 5.78 Å². The summed E-state index contributed by atoms with van der Waals surface area (Å²) in [4.78, 5) is 36.0. The summed E-state index contributed by atoms with van der Waals surface area (Å²) in [6.07, 6.45) is -0.516. The first-order valence-corrected chi connectivity index (χ1v) is 5.51. The Labute approximate surface area is 99.9 Å². The highest BCUT2D eigenvalue weighted by molar-refractivity contribution is 6.04. The molecule has 0 aromatic rings. The van der Waals surface area contributed by atoms with Crippen molar-refractivity contribution in [2.24, 2.45) is 5.41 Å². The molecular weight excluding hydrogens is 226 g/mol. The summed E-state index contributed by atoms with van der Waals surface area (Å²) in [6.45, 7) is 5.43. The average molecular weight is 243 g/mol. The van der Waals surface area contributed by atoms with Crippen LogP contribution in [0, 0.1) is 5.41 Å². The number of cyclic esters (lactones) is 1. The number of esters is 1. The highest BCUT2D eigenvalue weighted by Crippen LogP contribution is 2.20. The van der Waals surface area contributed by atoms with E-state index in [1.54, 1.807) is 6.92 Å². The lowest BCUT2D eigenvalue weighted by molar-refractivity contribution is -0.158. The molecule has 0 atom stereocenters. The SMILES string of the molecule is CCOC(=O)C(C)(C)C(=O)CN1CCOC1=O. The first-order valence-electron chi connectivity index (χ1n) is 5.51. The zero-order chi connectivity index (χ0) is 13.1. The molecule has 1 heterocycles. The second-order valence-electron chi connectivity index (χ2n) is 4.30. The van der Waals surface area contributed by atoms with Gasteiger partial charge in [0.2, 0.25) is 0 Å². The van der Waals surface area contributed by atoms with Gasteiger partial charge in [0.1, 0.15) is 12.0 Å². The molecule has 1 rings (SSSR count). The first-order chi connectivity index (χ1) is 7.89. The van der Waals surface area contributed by atoms with Gasteiger partial charge in [0.25, 0.3) is 0 Å². The Morgan fingerprint density at radius 1 is 1.47 bits per heavy atom. The van der Waals surface area contributed by atoms with Crippen molar-refractivity contribution in [3.05, 3.63) is 0 Å². The van der Waals surface area contributed by atoms with E-state index in [1.165, 1.54) is 18.7 Å². The van der Waals surface area contributed by atoms with Gasteiger partial charge in [-0.25, -0.2) is 4.79 Å². The predicted molar refractivity (Wildman–Crippen MR) is 58.3 cm³/mol. The Bertz CT molecular complexity index is 337. The fourth-order valence-corrected chi connectivity index (χ4v) is 1.37. The number of carbonyl (C=O) groups excluding carboxylic acids is 3. The number of rotatable bonds is 5. The van der Waals surface area contributed by atoms with E-state index >= 15 is 0 Å². The van der Waals surface area contributed by atoms with Gasteiger partial charge in [-0.3, -0.25) is 14.5 Å². The monoisotopic (exact) mass is 243 g/mol. The van der Waals surface area contributed by atoms with Crippen LogP contribution in [-0.4, -0.2) is 49.0 Å². The standard InChI is InChI=1S/C11H17NO5/c1-4-16-9(14)11(2,3)8(13)7-12-5-6-17-10(12)15/h4-7H2,1-3H3. The van der Waals surface area contributed by atoms with Gasteiger partial charge < -0.3 is 9.47 Å². The zero-order valence-corrected chi connectivity index (χ0v) is 10.3. The normalized spacial score (nSPS) is 15.7. The van der Waals surface area contributed by atoms with Gasteiger partial charge in [0.05, 0.1) is 19.7 Å². The van der Waals surface area contributed by atoms with Crippen LogP contribution < -0.4 is 0 Å². The van der Waals surface area contributed by atoms with Crippen molar-refractivity contribution < 1.29 is 23.9 Å². The largest absolute Gasteiger partial charge is 0.465 e. The van der Waals surface area contributed by atoms with E-state index in [-0.39, 0.29) is 25.5 Å². The molecule has 6 heteroatoms. The Morgan fingerprint density at radius 2 is 2.12 bits per heavy atom. The minimum Gasteiger partial charge on any atom is -0.465 e. The van der Waals surface area contributed by atoms with Gasteiger partial charge in [0, 0.05) is 0 Å². The molecule has 96 valence electrons. The maximum absolute atomic E-state index is 11.9. The molecule has 0 unspecified atom stereocenters. The number of nitrogens with zero attached hydrogens (tertiary/aromatic N) is 1. The molecule has 17 heavy (non-hydrogen) atoms. The van der Waals surface area contributed by atoms with E-state index in [4.69, 9.17) is 9.47 Å². The lowest BCUT2D eigenvalue weighted by Crippen LogP contribution is -2.42. The average Bonchev–Trinajstić information content (AvgIpc) is 2.64. The lowest BCUT2D eigenvalue weighted by atomic mass is 9.88. The van der Waals surface area contributed by atoms with Gasteiger partial charge >= 0.3 is 12.1 Å². The van der Waals surface area contributed by atoms with Gasteiger partial charge in [-0.2, -0.15) is 0 Å². The molecule has 1 saturated heterocycles. The highest BCUT2D eigenvalue weighted by Gasteiger charge is 2.39. The minimum absolute atomic E-state index is 0.120.